The van der Waals surface area contributed by atoms with E-state index in [-0.39, 0.29) is 0 Å². The van der Waals surface area contributed by atoms with Crippen LogP contribution in [-0.2, 0) is 0 Å². The first-order chi connectivity index (χ1) is 11.7. The molecule has 1 N–H and O–H groups in total. The fourth-order valence-electron chi connectivity index (χ4n) is 3.37. The van der Waals surface area contributed by atoms with E-state index in [4.69, 9.17) is 4.74 Å². The van der Waals surface area contributed by atoms with Gasteiger partial charge in [0.1, 0.15) is 5.75 Å². The summed E-state index contributed by atoms with van der Waals surface area (Å²) >= 11 is 0. The minimum absolute atomic E-state index is 0.622. The van der Waals surface area contributed by atoms with Crippen molar-refractivity contribution in [3.8, 4) is 5.75 Å². The number of hydrogen-bond donors (Lipinski definition) is 1. The molecule has 0 atom stereocenters. The first-order valence-corrected chi connectivity index (χ1v) is 8.86. The molecular weight excluding hydrogens is 294 g/mol. The molecule has 0 saturated heterocycles. The molecule has 2 aromatic rings. The molecule has 0 radical (unpaired) electrons. The van der Waals surface area contributed by atoms with Gasteiger partial charge < -0.3 is 10.1 Å². The molecule has 0 heterocycles. The largest absolute Gasteiger partial charge is 0.497 e. The van der Waals surface area contributed by atoms with Crippen molar-refractivity contribution in [3.05, 3.63) is 66.2 Å². The summed E-state index contributed by atoms with van der Waals surface area (Å²) in [6.07, 6.45) is 5.23. The van der Waals surface area contributed by atoms with E-state index in [0.29, 0.717) is 6.04 Å². The molecular formula is C22H27NO. The van der Waals surface area contributed by atoms with Crippen molar-refractivity contribution >= 4 is 11.3 Å². The third kappa shape index (κ3) is 4.00. The lowest BCUT2D eigenvalue weighted by atomic mass is 9.87. The second-order valence-electron chi connectivity index (χ2n) is 6.89. The summed E-state index contributed by atoms with van der Waals surface area (Å²) in [5.41, 5.74) is 4.53. The first-order valence-electron chi connectivity index (χ1n) is 8.86. The zero-order chi connectivity index (χ0) is 16.9. The van der Waals surface area contributed by atoms with Crippen molar-refractivity contribution < 1.29 is 4.74 Å². The van der Waals surface area contributed by atoms with Gasteiger partial charge >= 0.3 is 0 Å². The Hall–Kier alpha value is -2.22. The summed E-state index contributed by atoms with van der Waals surface area (Å²) in [6.45, 7) is 6.60. The second-order valence-corrected chi connectivity index (χ2v) is 6.89. The average molecular weight is 321 g/mol. The Labute approximate surface area is 145 Å². The average Bonchev–Trinajstić information content (AvgIpc) is 2.64. The predicted octanol–water partition coefficient (Wildman–Crippen LogP) is 5.75. The van der Waals surface area contributed by atoms with Crippen LogP contribution in [0, 0.1) is 5.92 Å². The molecule has 2 heteroatoms. The Morgan fingerprint density at radius 2 is 1.46 bits per heavy atom. The van der Waals surface area contributed by atoms with Crippen LogP contribution in [0.1, 0.15) is 43.7 Å². The van der Waals surface area contributed by atoms with Gasteiger partial charge in [-0.15, -0.1) is 0 Å². The first kappa shape index (κ1) is 16.6. The highest BCUT2D eigenvalue weighted by molar-refractivity contribution is 5.78. The Balaban J connectivity index is 1.64. The predicted molar refractivity (Wildman–Crippen MR) is 103 cm³/mol. The fourth-order valence-corrected chi connectivity index (χ4v) is 3.37. The van der Waals surface area contributed by atoms with E-state index in [1.165, 1.54) is 31.4 Å². The van der Waals surface area contributed by atoms with Crippen LogP contribution in [0.15, 0.2) is 55.1 Å². The van der Waals surface area contributed by atoms with Crippen LogP contribution < -0.4 is 10.1 Å². The van der Waals surface area contributed by atoms with Gasteiger partial charge in [0.15, 0.2) is 0 Å². The summed E-state index contributed by atoms with van der Waals surface area (Å²) in [6, 6.07) is 17.3. The molecule has 126 valence electrons. The number of nitrogens with one attached hydrogen (secondary N) is 1. The van der Waals surface area contributed by atoms with Crippen molar-refractivity contribution in [2.45, 2.75) is 38.6 Å². The molecule has 0 amide bonds. The molecule has 0 aromatic heterocycles. The molecule has 0 spiro atoms. The normalized spacial score (nSPS) is 20.4. The molecule has 1 aliphatic rings. The van der Waals surface area contributed by atoms with Gasteiger partial charge in [-0.05, 0) is 72.6 Å². The zero-order valence-electron chi connectivity index (χ0n) is 14.7. The van der Waals surface area contributed by atoms with Gasteiger partial charge in [-0.25, -0.2) is 0 Å². The van der Waals surface area contributed by atoms with Gasteiger partial charge in [-0.1, -0.05) is 37.8 Å². The molecule has 2 aromatic carbocycles. The molecule has 2 nitrogen and oxygen atoms in total. The van der Waals surface area contributed by atoms with Crippen LogP contribution in [0.25, 0.3) is 5.57 Å². The maximum atomic E-state index is 5.21. The van der Waals surface area contributed by atoms with Crippen molar-refractivity contribution in [3.63, 3.8) is 0 Å². The monoisotopic (exact) mass is 321 g/mol. The fraction of sp³-hybridized carbons (Fsp3) is 0.364. The second kappa shape index (κ2) is 7.57. The van der Waals surface area contributed by atoms with Crippen LogP contribution in [0.3, 0.4) is 0 Å². The number of ether oxygens (including phenoxy) is 1. The minimum atomic E-state index is 0.622. The lowest BCUT2D eigenvalue weighted by Crippen LogP contribution is -2.25. The molecule has 1 saturated carbocycles. The summed E-state index contributed by atoms with van der Waals surface area (Å²) in [5, 5.41) is 3.68. The van der Waals surface area contributed by atoms with E-state index in [2.05, 4.69) is 55.2 Å². The standard InChI is InChI=1S/C22H27NO/c1-16-4-10-20(11-5-16)23-21-12-6-18(7-13-21)17(2)19-8-14-22(24-3)15-9-19/h6-9,12-16,20,23H,2,4-5,10-11H2,1,3H3. The zero-order valence-corrected chi connectivity index (χ0v) is 14.7. The highest BCUT2D eigenvalue weighted by atomic mass is 16.5. The van der Waals surface area contributed by atoms with Gasteiger partial charge in [0, 0.05) is 11.7 Å². The van der Waals surface area contributed by atoms with Crippen LogP contribution in [0.4, 0.5) is 5.69 Å². The smallest absolute Gasteiger partial charge is 0.118 e. The Morgan fingerprint density at radius 3 is 2.00 bits per heavy atom. The minimum Gasteiger partial charge on any atom is -0.497 e. The topological polar surface area (TPSA) is 21.3 Å². The van der Waals surface area contributed by atoms with E-state index in [0.717, 1.165) is 28.4 Å². The van der Waals surface area contributed by atoms with E-state index >= 15 is 0 Å². The molecule has 0 bridgehead atoms. The summed E-state index contributed by atoms with van der Waals surface area (Å²) in [5.74, 6) is 1.76. The number of hydrogen-bond acceptors (Lipinski definition) is 2. The molecule has 1 fully saturated rings. The molecule has 1 aliphatic carbocycles. The van der Waals surface area contributed by atoms with Crippen molar-refractivity contribution in [2.75, 3.05) is 12.4 Å². The van der Waals surface area contributed by atoms with Gasteiger partial charge in [0.25, 0.3) is 0 Å². The summed E-state index contributed by atoms with van der Waals surface area (Å²) in [4.78, 5) is 0. The lowest BCUT2D eigenvalue weighted by Gasteiger charge is -2.27. The number of rotatable bonds is 5. The highest BCUT2D eigenvalue weighted by Crippen LogP contribution is 2.28. The number of anilines is 1. The summed E-state index contributed by atoms with van der Waals surface area (Å²) < 4.78 is 5.21. The third-order valence-corrected chi connectivity index (χ3v) is 5.06. The quantitative estimate of drug-likeness (QED) is 0.757. The van der Waals surface area contributed by atoms with E-state index < -0.39 is 0 Å². The lowest BCUT2D eigenvalue weighted by molar-refractivity contribution is 0.361. The van der Waals surface area contributed by atoms with E-state index in [1.807, 2.05) is 12.1 Å². The van der Waals surface area contributed by atoms with E-state index in [9.17, 15) is 0 Å². The SMILES string of the molecule is C=C(c1ccc(NC2CCC(C)CC2)cc1)c1ccc(OC)cc1. The Kier molecular flexibility index (Phi) is 5.24. The maximum Gasteiger partial charge on any atom is 0.118 e. The molecule has 0 aliphatic heterocycles. The third-order valence-electron chi connectivity index (χ3n) is 5.06. The Morgan fingerprint density at radius 1 is 0.917 bits per heavy atom. The van der Waals surface area contributed by atoms with Crippen molar-refractivity contribution in [1.29, 1.82) is 0 Å². The van der Waals surface area contributed by atoms with E-state index in [1.54, 1.807) is 7.11 Å². The molecule has 3 rings (SSSR count). The van der Waals surface area contributed by atoms with Gasteiger partial charge in [-0.2, -0.15) is 0 Å². The van der Waals surface area contributed by atoms with Crippen molar-refractivity contribution in [1.82, 2.24) is 0 Å². The molecule has 0 unspecified atom stereocenters. The number of benzene rings is 2. The maximum absolute atomic E-state index is 5.21. The van der Waals surface area contributed by atoms with Crippen LogP contribution in [-0.4, -0.2) is 13.2 Å². The van der Waals surface area contributed by atoms with Crippen molar-refractivity contribution in [2.24, 2.45) is 5.92 Å². The van der Waals surface area contributed by atoms with Crippen LogP contribution in [0.2, 0.25) is 0 Å². The van der Waals surface area contributed by atoms with Gasteiger partial charge in [0.2, 0.25) is 0 Å². The molecule has 24 heavy (non-hydrogen) atoms. The van der Waals surface area contributed by atoms with Gasteiger partial charge in [0.05, 0.1) is 7.11 Å². The van der Waals surface area contributed by atoms with Gasteiger partial charge in [-0.3, -0.25) is 0 Å². The van der Waals surface area contributed by atoms with Crippen LogP contribution >= 0.6 is 0 Å². The Bertz CT molecular complexity index is 664. The number of methoxy groups -OCH3 is 1. The summed E-state index contributed by atoms with van der Waals surface area (Å²) in [7, 11) is 1.68. The van der Waals surface area contributed by atoms with Crippen LogP contribution in [0.5, 0.6) is 5.75 Å². The highest BCUT2D eigenvalue weighted by Gasteiger charge is 2.17.